The lowest BCUT2D eigenvalue weighted by molar-refractivity contribution is 0.251. The fourth-order valence-corrected chi connectivity index (χ4v) is 3.59. The Morgan fingerprint density at radius 2 is 2.09 bits per heavy atom. The van der Waals surface area contributed by atoms with E-state index in [1.54, 1.807) is 18.2 Å². The zero-order chi connectivity index (χ0) is 17.0. The summed E-state index contributed by atoms with van der Waals surface area (Å²) in [6.07, 6.45) is 2.00. The first-order valence-electron chi connectivity index (χ1n) is 7.16. The number of anilines is 2. The van der Waals surface area contributed by atoms with Crippen molar-refractivity contribution in [2.45, 2.75) is 20.3 Å². The molecule has 0 aliphatic rings. The van der Waals surface area contributed by atoms with Gasteiger partial charge in [-0.1, -0.05) is 25.2 Å². The summed E-state index contributed by atoms with van der Waals surface area (Å²) in [6.45, 7) is 4.81. The number of hydrogen-bond acceptors (Lipinski definition) is 5. The third kappa shape index (κ3) is 5.68. The number of thiazole rings is 1. The van der Waals surface area contributed by atoms with Crippen molar-refractivity contribution in [2.24, 2.45) is 5.92 Å². The zero-order valence-electron chi connectivity index (χ0n) is 13.2. The first kappa shape index (κ1) is 17.5. The van der Waals surface area contributed by atoms with Crippen molar-refractivity contribution in [1.29, 1.82) is 0 Å². The second-order valence-electron chi connectivity index (χ2n) is 5.64. The average molecular weight is 356 g/mol. The summed E-state index contributed by atoms with van der Waals surface area (Å²) in [4.78, 5) is 16.0. The van der Waals surface area contributed by atoms with E-state index in [9.17, 15) is 13.2 Å². The highest BCUT2D eigenvalue weighted by atomic mass is 32.2. The van der Waals surface area contributed by atoms with Gasteiger partial charge < -0.3 is 10.6 Å². The van der Waals surface area contributed by atoms with Crippen molar-refractivity contribution < 1.29 is 13.2 Å². The molecule has 0 bridgehead atoms. The Morgan fingerprint density at radius 3 is 2.74 bits per heavy atom. The fraction of sp³-hybridized carbons (Fsp3) is 0.429. The fourth-order valence-electron chi connectivity index (χ4n) is 1.85. The Labute approximate surface area is 139 Å². The highest BCUT2D eigenvalue weighted by molar-refractivity contribution is 7.92. The molecule has 23 heavy (non-hydrogen) atoms. The van der Waals surface area contributed by atoms with E-state index in [2.05, 4.69) is 34.2 Å². The lowest BCUT2D eigenvalue weighted by Gasteiger charge is -2.08. The van der Waals surface area contributed by atoms with Crippen LogP contribution in [-0.2, 0) is 10.0 Å². The van der Waals surface area contributed by atoms with Gasteiger partial charge in [-0.3, -0.25) is 4.72 Å². The van der Waals surface area contributed by atoms with Crippen LogP contribution in [0, 0.1) is 5.92 Å². The highest BCUT2D eigenvalue weighted by Crippen LogP contribution is 2.28. The van der Waals surface area contributed by atoms with E-state index in [1.165, 1.54) is 11.3 Å². The van der Waals surface area contributed by atoms with Crippen LogP contribution >= 0.6 is 11.3 Å². The van der Waals surface area contributed by atoms with Gasteiger partial charge in [-0.05, 0) is 30.5 Å². The van der Waals surface area contributed by atoms with Crippen LogP contribution in [0.4, 0.5) is 15.6 Å². The Bertz CT molecular complexity index is 799. The normalized spacial score (nSPS) is 11.7. The second kappa shape index (κ2) is 7.14. The van der Waals surface area contributed by atoms with Crippen LogP contribution in [0.1, 0.15) is 20.3 Å². The van der Waals surface area contributed by atoms with Crippen molar-refractivity contribution in [3.05, 3.63) is 18.2 Å². The number of nitrogens with one attached hydrogen (secondary N) is 3. The monoisotopic (exact) mass is 356 g/mol. The zero-order valence-corrected chi connectivity index (χ0v) is 14.8. The van der Waals surface area contributed by atoms with Crippen molar-refractivity contribution in [3.63, 3.8) is 0 Å². The summed E-state index contributed by atoms with van der Waals surface area (Å²) in [6, 6.07) is 4.98. The van der Waals surface area contributed by atoms with Crippen molar-refractivity contribution in [3.8, 4) is 0 Å². The molecule has 2 amide bonds. The molecule has 9 heteroatoms. The van der Waals surface area contributed by atoms with Crippen LogP contribution in [0.3, 0.4) is 0 Å². The molecule has 0 aliphatic heterocycles. The summed E-state index contributed by atoms with van der Waals surface area (Å²) in [5.41, 5.74) is 1.31. The lowest BCUT2D eigenvalue weighted by atomic mass is 10.1. The number of urea groups is 1. The van der Waals surface area contributed by atoms with Crippen LogP contribution in [0.2, 0.25) is 0 Å². The van der Waals surface area contributed by atoms with Gasteiger partial charge in [-0.25, -0.2) is 18.2 Å². The van der Waals surface area contributed by atoms with E-state index >= 15 is 0 Å². The van der Waals surface area contributed by atoms with Gasteiger partial charge in [0.15, 0.2) is 5.13 Å². The Morgan fingerprint density at radius 1 is 1.35 bits per heavy atom. The minimum atomic E-state index is -3.35. The van der Waals surface area contributed by atoms with Gasteiger partial charge in [0.2, 0.25) is 10.0 Å². The molecule has 2 rings (SSSR count). The maximum Gasteiger partial charge on any atom is 0.319 e. The molecular weight excluding hydrogens is 336 g/mol. The molecule has 7 nitrogen and oxygen atoms in total. The first-order valence-corrected chi connectivity index (χ1v) is 9.87. The van der Waals surface area contributed by atoms with Gasteiger partial charge in [0.25, 0.3) is 0 Å². The predicted molar refractivity (Wildman–Crippen MR) is 94.6 cm³/mol. The number of carbonyl (C=O) groups is 1. The first-order chi connectivity index (χ1) is 10.7. The molecule has 2 aromatic rings. The van der Waals surface area contributed by atoms with E-state index in [1.807, 2.05) is 0 Å². The van der Waals surface area contributed by atoms with E-state index < -0.39 is 10.0 Å². The average Bonchev–Trinajstić information content (AvgIpc) is 2.77. The van der Waals surface area contributed by atoms with Gasteiger partial charge in [0.05, 0.1) is 16.5 Å². The van der Waals surface area contributed by atoms with Crippen LogP contribution in [0.25, 0.3) is 10.2 Å². The third-order valence-electron chi connectivity index (χ3n) is 2.93. The number of nitrogens with zero attached hydrogens (tertiary/aromatic N) is 1. The molecule has 1 heterocycles. The molecule has 0 spiro atoms. The SMILES string of the molecule is CC(C)CCNC(=O)Nc1ccc2nc(NS(C)(=O)=O)sc2c1. The smallest absolute Gasteiger partial charge is 0.319 e. The van der Waals surface area contributed by atoms with E-state index in [4.69, 9.17) is 0 Å². The van der Waals surface area contributed by atoms with Crippen molar-refractivity contribution in [2.75, 3.05) is 22.8 Å². The van der Waals surface area contributed by atoms with Crippen LogP contribution in [0.5, 0.6) is 0 Å². The number of benzene rings is 1. The molecule has 0 saturated carbocycles. The summed E-state index contributed by atoms with van der Waals surface area (Å²) >= 11 is 1.21. The largest absolute Gasteiger partial charge is 0.338 e. The van der Waals surface area contributed by atoms with Crippen LogP contribution in [0.15, 0.2) is 18.2 Å². The maximum absolute atomic E-state index is 11.8. The van der Waals surface area contributed by atoms with Gasteiger partial charge in [-0.15, -0.1) is 0 Å². The Hall–Kier alpha value is -1.87. The summed E-state index contributed by atoms with van der Waals surface area (Å²) < 4.78 is 25.6. The Kier molecular flexibility index (Phi) is 5.42. The van der Waals surface area contributed by atoms with Gasteiger partial charge >= 0.3 is 6.03 Å². The number of rotatable bonds is 6. The Balaban J connectivity index is 2.03. The summed E-state index contributed by atoms with van der Waals surface area (Å²) in [7, 11) is -3.35. The molecule has 0 aliphatic carbocycles. The molecule has 3 N–H and O–H groups in total. The molecule has 0 radical (unpaired) electrons. The van der Waals surface area contributed by atoms with Crippen molar-refractivity contribution in [1.82, 2.24) is 10.3 Å². The van der Waals surface area contributed by atoms with Crippen LogP contribution in [-0.4, -0.2) is 32.2 Å². The van der Waals surface area contributed by atoms with Gasteiger partial charge in [0, 0.05) is 12.2 Å². The van der Waals surface area contributed by atoms with Gasteiger partial charge in [-0.2, -0.15) is 0 Å². The number of amides is 2. The summed E-state index contributed by atoms with van der Waals surface area (Å²) in [5, 5.41) is 5.85. The van der Waals surface area contributed by atoms with Gasteiger partial charge in [0.1, 0.15) is 0 Å². The lowest BCUT2D eigenvalue weighted by Crippen LogP contribution is -2.30. The third-order valence-corrected chi connectivity index (χ3v) is 4.55. The minimum absolute atomic E-state index is 0.260. The molecule has 0 unspecified atom stereocenters. The number of aromatic nitrogens is 1. The van der Waals surface area contributed by atoms with E-state index in [0.717, 1.165) is 17.4 Å². The molecule has 0 atom stereocenters. The quantitative estimate of drug-likeness (QED) is 0.741. The summed E-state index contributed by atoms with van der Waals surface area (Å²) in [5.74, 6) is 0.532. The van der Waals surface area contributed by atoms with E-state index in [-0.39, 0.29) is 6.03 Å². The van der Waals surface area contributed by atoms with E-state index in [0.29, 0.717) is 28.8 Å². The number of sulfonamides is 1. The highest BCUT2D eigenvalue weighted by Gasteiger charge is 2.09. The predicted octanol–water partition coefficient (Wildman–Crippen LogP) is 2.84. The molecule has 1 aromatic heterocycles. The topological polar surface area (TPSA) is 100 Å². The molecule has 1 aromatic carbocycles. The number of carbonyl (C=O) groups excluding carboxylic acids is 1. The second-order valence-corrected chi connectivity index (χ2v) is 8.42. The molecular formula is C14H20N4O3S2. The molecule has 0 fully saturated rings. The minimum Gasteiger partial charge on any atom is -0.338 e. The number of hydrogen-bond donors (Lipinski definition) is 3. The van der Waals surface area contributed by atoms with Crippen molar-refractivity contribution >= 4 is 48.4 Å². The molecule has 0 saturated heterocycles. The van der Waals surface area contributed by atoms with Crippen LogP contribution < -0.4 is 15.4 Å². The standard InChI is InChI=1S/C14H20N4O3S2/c1-9(2)6-7-15-13(19)16-10-4-5-11-12(8-10)22-14(17-11)18-23(3,20)21/h4-5,8-9H,6-7H2,1-3H3,(H,17,18)(H2,15,16,19). The maximum atomic E-state index is 11.8. The molecule has 126 valence electrons. The number of fused-ring (bicyclic) bond motifs is 1.